The summed E-state index contributed by atoms with van der Waals surface area (Å²) in [7, 11) is 0. The molecule has 19 heavy (non-hydrogen) atoms. The lowest BCUT2D eigenvalue weighted by Gasteiger charge is -2.15. The first-order valence-corrected chi connectivity index (χ1v) is 8.39. The average Bonchev–Trinajstić information content (AvgIpc) is 2.38. The molecule has 0 aromatic carbocycles. The summed E-state index contributed by atoms with van der Waals surface area (Å²) in [6.45, 7) is 4.25. The van der Waals surface area contributed by atoms with Crippen molar-refractivity contribution in [2.75, 3.05) is 0 Å². The van der Waals surface area contributed by atoms with Gasteiger partial charge in [-0.15, -0.1) is 11.6 Å². The van der Waals surface area contributed by atoms with E-state index in [1.165, 1.54) is 32.1 Å². The van der Waals surface area contributed by atoms with Crippen molar-refractivity contribution >= 4 is 17.4 Å². The molecule has 2 nitrogen and oxygen atoms in total. The Kier molecular flexibility index (Phi) is 12.9. The molecule has 1 N–H and O–H groups in total. The second-order valence-electron chi connectivity index (χ2n) is 5.49. The van der Waals surface area contributed by atoms with Gasteiger partial charge in [0.1, 0.15) is 5.78 Å². The molecule has 0 saturated carbocycles. The number of halogens is 1. The zero-order valence-electron chi connectivity index (χ0n) is 12.7. The molecular weight excluding hydrogens is 260 g/mol. The van der Waals surface area contributed by atoms with Gasteiger partial charge >= 0.3 is 0 Å². The molecule has 0 aliphatic rings. The highest BCUT2D eigenvalue weighted by Gasteiger charge is 2.18. The SMILES string of the molecule is CCCCCCCCCC(=O)C[C@@H](O)[C@@H](Cl)CCC. The van der Waals surface area contributed by atoms with Gasteiger partial charge in [-0.05, 0) is 12.8 Å². The fourth-order valence-electron chi connectivity index (χ4n) is 2.21. The van der Waals surface area contributed by atoms with Crippen molar-refractivity contribution in [3.8, 4) is 0 Å². The average molecular weight is 291 g/mol. The van der Waals surface area contributed by atoms with Gasteiger partial charge in [0.25, 0.3) is 0 Å². The Morgan fingerprint density at radius 3 is 2.16 bits per heavy atom. The van der Waals surface area contributed by atoms with Gasteiger partial charge in [0.05, 0.1) is 11.5 Å². The van der Waals surface area contributed by atoms with Gasteiger partial charge in [-0.1, -0.05) is 58.8 Å². The van der Waals surface area contributed by atoms with Crippen LogP contribution in [0.25, 0.3) is 0 Å². The van der Waals surface area contributed by atoms with Crippen LogP contribution in [-0.4, -0.2) is 22.4 Å². The number of ketones is 1. The maximum Gasteiger partial charge on any atom is 0.135 e. The van der Waals surface area contributed by atoms with Gasteiger partial charge < -0.3 is 5.11 Å². The van der Waals surface area contributed by atoms with Crippen LogP contribution in [0, 0.1) is 0 Å². The first kappa shape index (κ1) is 18.9. The molecule has 0 aliphatic heterocycles. The third-order valence-electron chi connectivity index (χ3n) is 3.48. The Hall–Kier alpha value is -0.0800. The van der Waals surface area contributed by atoms with Crippen molar-refractivity contribution in [1.29, 1.82) is 0 Å². The van der Waals surface area contributed by atoms with E-state index in [-0.39, 0.29) is 17.6 Å². The lowest BCUT2D eigenvalue weighted by Crippen LogP contribution is -2.24. The van der Waals surface area contributed by atoms with E-state index in [0.29, 0.717) is 6.42 Å². The summed E-state index contributed by atoms with van der Waals surface area (Å²) in [6, 6.07) is 0. The molecule has 0 heterocycles. The first-order valence-electron chi connectivity index (χ1n) is 7.95. The second-order valence-corrected chi connectivity index (χ2v) is 6.05. The fraction of sp³-hybridized carbons (Fsp3) is 0.938. The molecule has 0 radical (unpaired) electrons. The molecule has 114 valence electrons. The highest BCUT2D eigenvalue weighted by atomic mass is 35.5. The minimum Gasteiger partial charge on any atom is -0.391 e. The monoisotopic (exact) mass is 290 g/mol. The predicted molar refractivity (Wildman–Crippen MR) is 82.8 cm³/mol. The minimum atomic E-state index is -0.668. The van der Waals surface area contributed by atoms with E-state index in [0.717, 1.165) is 25.7 Å². The van der Waals surface area contributed by atoms with Crippen molar-refractivity contribution in [3.05, 3.63) is 0 Å². The number of alkyl halides is 1. The lowest BCUT2D eigenvalue weighted by atomic mass is 10.0. The van der Waals surface area contributed by atoms with Crippen LogP contribution >= 0.6 is 11.6 Å². The van der Waals surface area contributed by atoms with E-state index in [9.17, 15) is 9.90 Å². The number of unbranched alkanes of at least 4 members (excludes halogenated alkanes) is 6. The molecule has 0 unspecified atom stereocenters. The quantitative estimate of drug-likeness (QED) is 0.389. The molecule has 0 saturated heterocycles. The van der Waals surface area contributed by atoms with Crippen LogP contribution in [0.15, 0.2) is 0 Å². The van der Waals surface area contributed by atoms with Gasteiger partial charge in [0, 0.05) is 12.8 Å². The summed E-state index contributed by atoms with van der Waals surface area (Å²) in [5.41, 5.74) is 0. The lowest BCUT2D eigenvalue weighted by molar-refractivity contribution is -0.121. The van der Waals surface area contributed by atoms with Crippen LogP contribution in [0.4, 0.5) is 0 Å². The molecule has 0 bridgehead atoms. The summed E-state index contributed by atoms with van der Waals surface area (Å²) in [5, 5.41) is 9.49. The largest absolute Gasteiger partial charge is 0.391 e. The van der Waals surface area contributed by atoms with Crippen molar-refractivity contribution < 1.29 is 9.90 Å². The predicted octanol–water partition coefficient (Wildman–Crippen LogP) is 4.85. The summed E-state index contributed by atoms with van der Waals surface area (Å²) in [6.07, 6.45) is 10.4. The van der Waals surface area contributed by atoms with Gasteiger partial charge in [-0.3, -0.25) is 4.79 Å². The molecule has 0 amide bonds. The highest BCUT2D eigenvalue weighted by molar-refractivity contribution is 6.21. The number of hydrogen-bond acceptors (Lipinski definition) is 2. The maximum absolute atomic E-state index is 11.7. The first-order chi connectivity index (χ1) is 9.11. The van der Waals surface area contributed by atoms with E-state index in [1.807, 2.05) is 6.92 Å². The standard InChI is InChI=1S/C16H31ClO2/c1-3-5-6-7-8-9-10-12-14(18)13-16(19)15(17)11-4-2/h15-16,19H,3-13H2,1-2H3/t15-,16+/m0/s1. The molecule has 0 aliphatic carbocycles. The van der Waals surface area contributed by atoms with Crippen LogP contribution in [0.2, 0.25) is 0 Å². The number of carbonyl (C=O) groups is 1. The zero-order chi connectivity index (χ0) is 14.5. The van der Waals surface area contributed by atoms with E-state index >= 15 is 0 Å². The Bertz CT molecular complexity index is 219. The van der Waals surface area contributed by atoms with Gasteiger partial charge in [0.2, 0.25) is 0 Å². The molecule has 0 rings (SSSR count). The Morgan fingerprint density at radius 1 is 1.00 bits per heavy atom. The van der Waals surface area contributed by atoms with Crippen molar-refractivity contribution in [2.24, 2.45) is 0 Å². The number of carbonyl (C=O) groups excluding carboxylic acids is 1. The molecule has 0 fully saturated rings. The van der Waals surface area contributed by atoms with Gasteiger partial charge in [-0.25, -0.2) is 0 Å². The van der Waals surface area contributed by atoms with Crippen LogP contribution in [0.5, 0.6) is 0 Å². The molecular formula is C16H31ClO2. The molecule has 2 atom stereocenters. The van der Waals surface area contributed by atoms with Crippen LogP contribution in [-0.2, 0) is 4.79 Å². The van der Waals surface area contributed by atoms with E-state index in [4.69, 9.17) is 11.6 Å². The number of aliphatic hydroxyl groups excluding tert-OH is 1. The molecule has 0 spiro atoms. The summed E-state index contributed by atoms with van der Waals surface area (Å²) in [5.74, 6) is 0.155. The van der Waals surface area contributed by atoms with E-state index in [1.54, 1.807) is 0 Å². The maximum atomic E-state index is 11.7. The summed E-state index contributed by atoms with van der Waals surface area (Å²) < 4.78 is 0. The van der Waals surface area contributed by atoms with Crippen molar-refractivity contribution in [2.45, 2.75) is 96.0 Å². The van der Waals surface area contributed by atoms with Crippen molar-refractivity contribution in [3.63, 3.8) is 0 Å². The number of Topliss-reactive ketones (excluding diaryl/α,β-unsaturated/α-hetero) is 1. The highest BCUT2D eigenvalue weighted by Crippen LogP contribution is 2.15. The third kappa shape index (κ3) is 11.4. The Labute approximate surface area is 123 Å². The normalized spacial score (nSPS) is 14.3. The Morgan fingerprint density at radius 2 is 1.58 bits per heavy atom. The van der Waals surface area contributed by atoms with Crippen LogP contribution < -0.4 is 0 Å². The molecule has 3 heteroatoms. The van der Waals surface area contributed by atoms with Crippen LogP contribution in [0.3, 0.4) is 0 Å². The van der Waals surface area contributed by atoms with E-state index in [2.05, 4.69) is 6.92 Å². The second kappa shape index (κ2) is 12.9. The summed E-state index contributed by atoms with van der Waals surface area (Å²) in [4.78, 5) is 11.7. The Balaban J connectivity index is 3.48. The van der Waals surface area contributed by atoms with Crippen molar-refractivity contribution in [1.82, 2.24) is 0 Å². The number of hydrogen-bond donors (Lipinski definition) is 1. The number of rotatable bonds is 13. The van der Waals surface area contributed by atoms with E-state index < -0.39 is 6.10 Å². The molecule has 0 aromatic rings. The minimum absolute atomic E-state index is 0.155. The molecule has 0 aromatic heterocycles. The van der Waals surface area contributed by atoms with Gasteiger partial charge in [-0.2, -0.15) is 0 Å². The topological polar surface area (TPSA) is 37.3 Å². The smallest absolute Gasteiger partial charge is 0.135 e. The van der Waals surface area contributed by atoms with Gasteiger partial charge in [0.15, 0.2) is 0 Å². The summed E-state index contributed by atoms with van der Waals surface area (Å²) >= 11 is 6.01. The third-order valence-corrected chi connectivity index (χ3v) is 3.99. The van der Waals surface area contributed by atoms with Crippen LogP contribution in [0.1, 0.15) is 84.5 Å². The fourth-order valence-corrected chi connectivity index (χ4v) is 2.52. The number of aliphatic hydroxyl groups is 1. The zero-order valence-corrected chi connectivity index (χ0v) is 13.4.